The minimum atomic E-state index is 0.822. The molecular weight excluding hydrogens is 194 g/mol. The van der Waals surface area contributed by atoms with Crippen molar-refractivity contribution in [1.82, 2.24) is 0 Å². The van der Waals surface area contributed by atoms with Gasteiger partial charge in [0.2, 0.25) is 0 Å². The molecule has 0 saturated carbocycles. The normalized spacial score (nSPS) is 9.06. The molecule has 0 amide bonds. The number of nitrogens with two attached hydrogens (primary N) is 1. The Balaban J connectivity index is 0.000000165. The molecule has 0 saturated heterocycles. The van der Waals surface area contributed by atoms with Crippen molar-refractivity contribution in [2.24, 2.45) is 0 Å². The summed E-state index contributed by atoms with van der Waals surface area (Å²) >= 11 is 0. The first kappa shape index (κ1) is 12.3. The average Bonchev–Trinajstić information content (AvgIpc) is 2.33. The Morgan fingerprint density at radius 3 is 1.69 bits per heavy atom. The summed E-state index contributed by atoms with van der Waals surface area (Å²) in [6.07, 6.45) is 2.45. The summed E-state index contributed by atoms with van der Waals surface area (Å²) in [6.45, 7) is 2.20. The van der Waals surface area contributed by atoms with Gasteiger partial charge in [0.15, 0.2) is 0 Å². The van der Waals surface area contributed by atoms with E-state index in [1.807, 2.05) is 30.3 Å². The van der Waals surface area contributed by atoms with Gasteiger partial charge < -0.3 is 5.73 Å². The van der Waals surface area contributed by atoms with E-state index in [0.717, 1.165) is 5.69 Å². The number of nitrogen functional groups attached to an aromatic ring is 1. The highest BCUT2D eigenvalue weighted by atomic mass is 14.5. The zero-order chi connectivity index (χ0) is 11.6. The Morgan fingerprint density at radius 1 is 0.812 bits per heavy atom. The van der Waals surface area contributed by atoms with Crippen molar-refractivity contribution in [1.29, 1.82) is 0 Å². The summed E-state index contributed by atoms with van der Waals surface area (Å²) in [4.78, 5) is 0. The molecule has 2 aromatic rings. The molecule has 1 nitrogen and oxygen atoms in total. The molecule has 16 heavy (non-hydrogen) atoms. The second kappa shape index (κ2) is 7.52. The van der Waals surface area contributed by atoms with E-state index in [0.29, 0.717) is 0 Å². The predicted molar refractivity (Wildman–Crippen MR) is 71.3 cm³/mol. The third-order valence-electron chi connectivity index (χ3n) is 2.18. The third-order valence-corrected chi connectivity index (χ3v) is 2.18. The molecule has 84 valence electrons. The minimum Gasteiger partial charge on any atom is -0.399 e. The largest absolute Gasteiger partial charge is 0.399 e. The lowest BCUT2D eigenvalue weighted by Crippen LogP contribution is -1.79. The van der Waals surface area contributed by atoms with Gasteiger partial charge in [0, 0.05) is 5.69 Å². The Kier molecular flexibility index (Phi) is 5.79. The quantitative estimate of drug-likeness (QED) is 0.752. The number of para-hydroxylation sites is 1. The van der Waals surface area contributed by atoms with E-state index in [1.165, 1.54) is 18.4 Å². The number of rotatable bonds is 2. The molecule has 0 radical (unpaired) electrons. The van der Waals surface area contributed by atoms with E-state index in [2.05, 4.69) is 37.3 Å². The lowest BCUT2D eigenvalue weighted by molar-refractivity contribution is 0.922. The first-order chi connectivity index (χ1) is 7.83. The minimum absolute atomic E-state index is 0.822. The van der Waals surface area contributed by atoms with E-state index >= 15 is 0 Å². The van der Waals surface area contributed by atoms with Gasteiger partial charge in [-0.25, -0.2) is 0 Å². The van der Waals surface area contributed by atoms with Crippen molar-refractivity contribution >= 4 is 5.69 Å². The van der Waals surface area contributed by atoms with Crippen LogP contribution in [0, 0.1) is 0 Å². The molecule has 2 rings (SSSR count). The maximum Gasteiger partial charge on any atom is 0.0313 e. The molecule has 0 spiro atoms. The van der Waals surface area contributed by atoms with E-state index in [-0.39, 0.29) is 0 Å². The maximum atomic E-state index is 5.36. The highest BCUT2D eigenvalue weighted by molar-refractivity contribution is 5.35. The van der Waals surface area contributed by atoms with Crippen LogP contribution in [0.5, 0.6) is 0 Å². The number of anilines is 1. The Morgan fingerprint density at radius 2 is 1.31 bits per heavy atom. The van der Waals surface area contributed by atoms with Crippen LogP contribution >= 0.6 is 0 Å². The molecule has 0 fully saturated rings. The smallest absolute Gasteiger partial charge is 0.0313 e. The van der Waals surface area contributed by atoms with Gasteiger partial charge in [0.1, 0.15) is 0 Å². The van der Waals surface area contributed by atoms with Gasteiger partial charge in [-0.2, -0.15) is 0 Å². The number of aryl methyl sites for hydroxylation is 1. The average molecular weight is 213 g/mol. The van der Waals surface area contributed by atoms with Crippen LogP contribution in [0.3, 0.4) is 0 Å². The molecule has 0 atom stereocenters. The molecule has 0 aliphatic rings. The molecule has 0 bridgehead atoms. The summed E-state index contributed by atoms with van der Waals surface area (Å²) in [5, 5.41) is 0. The fraction of sp³-hybridized carbons (Fsp3) is 0.200. The molecule has 0 unspecified atom stereocenters. The molecule has 0 aliphatic carbocycles. The van der Waals surface area contributed by atoms with Gasteiger partial charge in [-0.3, -0.25) is 0 Å². The first-order valence-electron chi connectivity index (χ1n) is 5.67. The monoisotopic (exact) mass is 213 g/mol. The summed E-state index contributed by atoms with van der Waals surface area (Å²) < 4.78 is 0. The lowest BCUT2D eigenvalue weighted by Gasteiger charge is -1.93. The summed E-state index contributed by atoms with van der Waals surface area (Å²) in [6, 6.07) is 20.1. The van der Waals surface area contributed by atoms with Crippen molar-refractivity contribution in [3.05, 3.63) is 66.2 Å². The molecule has 2 N–H and O–H groups in total. The van der Waals surface area contributed by atoms with Gasteiger partial charge >= 0.3 is 0 Å². The topological polar surface area (TPSA) is 26.0 Å². The van der Waals surface area contributed by atoms with Crippen molar-refractivity contribution in [2.45, 2.75) is 19.8 Å². The van der Waals surface area contributed by atoms with Crippen LogP contribution in [0.25, 0.3) is 0 Å². The van der Waals surface area contributed by atoms with Crippen molar-refractivity contribution in [3.63, 3.8) is 0 Å². The van der Waals surface area contributed by atoms with Crippen molar-refractivity contribution in [3.8, 4) is 0 Å². The first-order valence-corrected chi connectivity index (χ1v) is 5.67. The van der Waals surface area contributed by atoms with Crippen LogP contribution < -0.4 is 5.73 Å². The van der Waals surface area contributed by atoms with Gasteiger partial charge in [-0.15, -0.1) is 0 Å². The van der Waals surface area contributed by atoms with E-state index in [4.69, 9.17) is 5.73 Å². The zero-order valence-electron chi connectivity index (χ0n) is 9.77. The Labute approximate surface area is 97.9 Å². The number of benzene rings is 2. The number of hydrogen-bond acceptors (Lipinski definition) is 1. The van der Waals surface area contributed by atoms with Crippen LogP contribution in [0.1, 0.15) is 18.9 Å². The van der Waals surface area contributed by atoms with Crippen LogP contribution in [-0.4, -0.2) is 0 Å². The highest BCUT2D eigenvalue weighted by Crippen LogP contribution is 2.00. The second-order valence-corrected chi connectivity index (χ2v) is 3.65. The standard InChI is InChI=1S/C9H12.C6H7N/c1-2-6-9-7-4-3-5-8-9;7-6-4-2-1-3-5-6/h3-5,7-8H,2,6H2,1H3;1-5H,7H2. The molecule has 0 heterocycles. The van der Waals surface area contributed by atoms with Crippen LogP contribution in [0.15, 0.2) is 60.7 Å². The van der Waals surface area contributed by atoms with Crippen molar-refractivity contribution < 1.29 is 0 Å². The van der Waals surface area contributed by atoms with Crippen molar-refractivity contribution in [2.75, 3.05) is 5.73 Å². The van der Waals surface area contributed by atoms with E-state index in [1.54, 1.807) is 0 Å². The summed E-state index contributed by atoms with van der Waals surface area (Å²) in [5.74, 6) is 0. The van der Waals surface area contributed by atoms with Crippen LogP contribution in [0.4, 0.5) is 5.69 Å². The fourth-order valence-electron chi connectivity index (χ4n) is 1.39. The van der Waals surface area contributed by atoms with Gasteiger partial charge in [0.25, 0.3) is 0 Å². The Hall–Kier alpha value is -1.76. The van der Waals surface area contributed by atoms with Gasteiger partial charge in [-0.1, -0.05) is 61.9 Å². The third kappa shape index (κ3) is 5.20. The highest BCUT2D eigenvalue weighted by Gasteiger charge is 1.84. The molecule has 0 aromatic heterocycles. The van der Waals surface area contributed by atoms with E-state index < -0.39 is 0 Å². The van der Waals surface area contributed by atoms with E-state index in [9.17, 15) is 0 Å². The summed E-state index contributed by atoms with van der Waals surface area (Å²) in [5.41, 5.74) is 7.62. The van der Waals surface area contributed by atoms with Gasteiger partial charge in [-0.05, 0) is 24.1 Å². The number of hydrogen-bond donors (Lipinski definition) is 1. The molecule has 2 aromatic carbocycles. The molecular formula is C15H19N. The predicted octanol–water partition coefficient (Wildman–Crippen LogP) is 3.91. The SMILES string of the molecule is CCCc1ccccc1.Nc1ccccc1. The van der Waals surface area contributed by atoms with Gasteiger partial charge in [0.05, 0.1) is 0 Å². The fourth-order valence-corrected chi connectivity index (χ4v) is 1.39. The lowest BCUT2D eigenvalue weighted by atomic mass is 10.1. The maximum absolute atomic E-state index is 5.36. The molecule has 0 aliphatic heterocycles. The zero-order valence-corrected chi connectivity index (χ0v) is 9.77. The Bertz CT molecular complexity index is 367. The second-order valence-electron chi connectivity index (χ2n) is 3.65. The molecule has 1 heteroatoms. The van der Waals surface area contributed by atoms with Crippen LogP contribution in [-0.2, 0) is 6.42 Å². The summed E-state index contributed by atoms with van der Waals surface area (Å²) in [7, 11) is 0. The van der Waals surface area contributed by atoms with Crippen LogP contribution in [0.2, 0.25) is 0 Å².